The van der Waals surface area contributed by atoms with Gasteiger partial charge in [0.15, 0.2) is 5.96 Å². The number of nitrogens with one attached hydrogen (secondary N) is 1. The fourth-order valence-electron chi connectivity index (χ4n) is 3.76. The van der Waals surface area contributed by atoms with E-state index < -0.39 is 0 Å². The van der Waals surface area contributed by atoms with E-state index in [0.29, 0.717) is 6.54 Å². The lowest BCUT2D eigenvalue weighted by atomic mass is 9.96. The summed E-state index contributed by atoms with van der Waals surface area (Å²) in [5.41, 5.74) is 1.16. The fourth-order valence-corrected chi connectivity index (χ4v) is 3.76. The number of aliphatic imine (C=N–C) groups is 1. The molecule has 3 rings (SSSR count). The minimum atomic E-state index is 0. The normalized spacial score (nSPS) is 18.3. The van der Waals surface area contributed by atoms with E-state index >= 15 is 0 Å². The van der Waals surface area contributed by atoms with Gasteiger partial charge in [-0.1, -0.05) is 6.07 Å². The summed E-state index contributed by atoms with van der Waals surface area (Å²) < 4.78 is 11.0. The molecule has 1 aromatic heterocycles. The molecule has 1 N–H and O–H groups in total. The van der Waals surface area contributed by atoms with E-state index in [-0.39, 0.29) is 24.0 Å². The molecule has 0 unspecified atom stereocenters. The summed E-state index contributed by atoms with van der Waals surface area (Å²) in [7, 11) is 2.13. The summed E-state index contributed by atoms with van der Waals surface area (Å²) in [5.74, 6) is 2.77. The molecule has 2 saturated heterocycles. The molecule has 2 fully saturated rings. The van der Waals surface area contributed by atoms with E-state index in [1.165, 1.54) is 19.3 Å². The topological polar surface area (TPSA) is 62.2 Å². The van der Waals surface area contributed by atoms with E-state index in [4.69, 9.17) is 14.5 Å². The zero-order chi connectivity index (χ0) is 19.6. The molecule has 29 heavy (non-hydrogen) atoms. The number of anilines is 1. The molecule has 0 atom stereocenters. The number of pyridine rings is 1. The van der Waals surface area contributed by atoms with Gasteiger partial charge in [-0.15, -0.1) is 24.0 Å². The number of aromatic nitrogens is 1. The third kappa shape index (κ3) is 7.57. The SMILES string of the molecule is CCNC(=NCc1cccnc1N1CCOCC1)N(C)CCC1CCOCC1.I. The van der Waals surface area contributed by atoms with Crippen molar-refractivity contribution in [2.45, 2.75) is 32.7 Å². The Hall–Kier alpha value is -1.13. The van der Waals surface area contributed by atoms with Gasteiger partial charge in [-0.3, -0.25) is 0 Å². The van der Waals surface area contributed by atoms with Crippen LogP contribution >= 0.6 is 24.0 Å². The Bertz CT molecular complexity index is 619. The van der Waals surface area contributed by atoms with Crippen LogP contribution in [0.4, 0.5) is 5.82 Å². The lowest BCUT2D eigenvalue weighted by Crippen LogP contribution is -2.40. The number of hydrogen-bond donors (Lipinski definition) is 1. The van der Waals surface area contributed by atoms with Crippen molar-refractivity contribution >= 4 is 35.8 Å². The third-order valence-electron chi connectivity index (χ3n) is 5.49. The van der Waals surface area contributed by atoms with E-state index in [1.54, 1.807) is 0 Å². The van der Waals surface area contributed by atoms with Crippen molar-refractivity contribution in [1.29, 1.82) is 0 Å². The molecule has 0 aliphatic carbocycles. The third-order valence-corrected chi connectivity index (χ3v) is 5.49. The van der Waals surface area contributed by atoms with Crippen LogP contribution in [0.5, 0.6) is 0 Å². The fraction of sp³-hybridized carbons (Fsp3) is 0.714. The molecule has 0 bridgehead atoms. The zero-order valence-electron chi connectivity index (χ0n) is 17.8. The van der Waals surface area contributed by atoms with Gasteiger partial charge in [0.1, 0.15) is 5.82 Å². The van der Waals surface area contributed by atoms with Crippen molar-refractivity contribution in [3.8, 4) is 0 Å². The van der Waals surface area contributed by atoms with E-state index in [1.807, 2.05) is 12.3 Å². The summed E-state index contributed by atoms with van der Waals surface area (Å²) >= 11 is 0. The molecule has 8 heteroatoms. The predicted molar refractivity (Wildman–Crippen MR) is 128 cm³/mol. The van der Waals surface area contributed by atoms with Crippen molar-refractivity contribution < 1.29 is 9.47 Å². The lowest BCUT2D eigenvalue weighted by Gasteiger charge is -2.29. The Morgan fingerprint density at radius 1 is 1.24 bits per heavy atom. The maximum Gasteiger partial charge on any atom is 0.193 e. The first-order valence-corrected chi connectivity index (χ1v) is 10.6. The van der Waals surface area contributed by atoms with Crippen LogP contribution in [0, 0.1) is 5.92 Å². The Balaban J connectivity index is 0.00000300. The van der Waals surface area contributed by atoms with Crippen LogP contribution in [0.25, 0.3) is 0 Å². The van der Waals surface area contributed by atoms with Crippen LogP contribution in [-0.4, -0.2) is 75.5 Å². The van der Waals surface area contributed by atoms with E-state index in [2.05, 4.69) is 40.1 Å². The summed E-state index contributed by atoms with van der Waals surface area (Å²) in [6.45, 7) is 9.74. The zero-order valence-corrected chi connectivity index (χ0v) is 20.1. The van der Waals surface area contributed by atoms with E-state index in [0.717, 1.165) is 75.9 Å². The number of guanidine groups is 1. The summed E-state index contributed by atoms with van der Waals surface area (Å²) in [6.07, 6.45) is 5.42. The largest absolute Gasteiger partial charge is 0.381 e. The summed E-state index contributed by atoms with van der Waals surface area (Å²) in [6, 6.07) is 4.13. The molecule has 2 aliphatic rings. The first-order chi connectivity index (χ1) is 13.8. The Kier molecular flexibility index (Phi) is 11.0. The number of ether oxygens (including phenoxy) is 2. The molecule has 0 amide bonds. The molecule has 0 saturated carbocycles. The molecular weight excluding hydrogens is 481 g/mol. The van der Waals surface area contributed by atoms with Gasteiger partial charge < -0.3 is 24.6 Å². The summed E-state index contributed by atoms with van der Waals surface area (Å²) in [4.78, 5) is 14.1. The van der Waals surface area contributed by atoms with Gasteiger partial charge in [-0.25, -0.2) is 9.98 Å². The van der Waals surface area contributed by atoms with Crippen molar-refractivity contribution in [1.82, 2.24) is 15.2 Å². The molecular formula is C21H36IN5O2. The highest BCUT2D eigenvalue weighted by molar-refractivity contribution is 14.0. The van der Waals surface area contributed by atoms with Crippen LogP contribution in [0.1, 0.15) is 31.7 Å². The van der Waals surface area contributed by atoms with Gasteiger partial charge in [0.05, 0.1) is 19.8 Å². The van der Waals surface area contributed by atoms with Crippen molar-refractivity contribution in [3.05, 3.63) is 23.9 Å². The molecule has 0 spiro atoms. The first-order valence-electron chi connectivity index (χ1n) is 10.6. The van der Waals surface area contributed by atoms with Crippen LogP contribution in [-0.2, 0) is 16.0 Å². The Morgan fingerprint density at radius 3 is 2.69 bits per heavy atom. The molecule has 1 aromatic rings. The molecule has 2 aliphatic heterocycles. The quantitative estimate of drug-likeness (QED) is 0.341. The molecule has 3 heterocycles. The van der Waals surface area contributed by atoms with Crippen LogP contribution in [0.2, 0.25) is 0 Å². The minimum absolute atomic E-state index is 0. The van der Waals surface area contributed by atoms with Crippen molar-refractivity contribution in [3.63, 3.8) is 0 Å². The molecule has 7 nitrogen and oxygen atoms in total. The highest BCUT2D eigenvalue weighted by Crippen LogP contribution is 2.20. The number of hydrogen-bond acceptors (Lipinski definition) is 5. The van der Waals surface area contributed by atoms with Crippen molar-refractivity contribution in [2.75, 3.05) is 64.6 Å². The van der Waals surface area contributed by atoms with Gasteiger partial charge >= 0.3 is 0 Å². The Morgan fingerprint density at radius 2 is 1.97 bits per heavy atom. The Labute approximate surface area is 192 Å². The number of rotatable bonds is 7. The molecule has 164 valence electrons. The minimum Gasteiger partial charge on any atom is -0.381 e. The van der Waals surface area contributed by atoms with Crippen LogP contribution in [0.15, 0.2) is 23.3 Å². The van der Waals surface area contributed by atoms with Gasteiger partial charge in [0.25, 0.3) is 0 Å². The maximum absolute atomic E-state index is 5.48. The number of halogens is 1. The average Bonchev–Trinajstić information content (AvgIpc) is 2.76. The number of nitrogens with zero attached hydrogens (tertiary/aromatic N) is 4. The lowest BCUT2D eigenvalue weighted by molar-refractivity contribution is 0.0625. The number of morpholine rings is 1. The van der Waals surface area contributed by atoms with E-state index in [9.17, 15) is 0 Å². The van der Waals surface area contributed by atoms with Crippen LogP contribution < -0.4 is 10.2 Å². The van der Waals surface area contributed by atoms with Crippen LogP contribution in [0.3, 0.4) is 0 Å². The smallest absolute Gasteiger partial charge is 0.193 e. The standard InChI is InChI=1S/C21H35N5O2.HI/c1-3-22-21(25(2)10-6-18-7-13-27-14-8-18)24-17-19-5-4-9-23-20(19)26-11-15-28-16-12-26;/h4-5,9,18H,3,6-8,10-17H2,1-2H3,(H,22,24);1H. The summed E-state index contributed by atoms with van der Waals surface area (Å²) in [5, 5.41) is 3.44. The highest BCUT2D eigenvalue weighted by Gasteiger charge is 2.17. The van der Waals surface area contributed by atoms with Crippen molar-refractivity contribution in [2.24, 2.45) is 10.9 Å². The molecule has 0 radical (unpaired) electrons. The second kappa shape index (κ2) is 13.2. The van der Waals surface area contributed by atoms with Gasteiger partial charge in [0, 0.05) is 58.2 Å². The monoisotopic (exact) mass is 517 g/mol. The second-order valence-electron chi connectivity index (χ2n) is 7.52. The average molecular weight is 517 g/mol. The molecule has 0 aromatic carbocycles. The highest BCUT2D eigenvalue weighted by atomic mass is 127. The van der Waals surface area contributed by atoms with Gasteiger partial charge in [-0.05, 0) is 38.2 Å². The van der Waals surface area contributed by atoms with Gasteiger partial charge in [-0.2, -0.15) is 0 Å². The first kappa shape index (κ1) is 24.1. The maximum atomic E-state index is 5.48. The van der Waals surface area contributed by atoms with Gasteiger partial charge in [0.2, 0.25) is 0 Å². The predicted octanol–water partition coefficient (Wildman–Crippen LogP) is 2.75. The second-order valence-corrected chi connectivity index (χ2v) is 7.52.